The lowest BCUT2D eigenvalue weighted by Crippen LogP contribution is -2.29. The number of likely N-dealkylation sites (tertiary alicyclic amines) is 1. The molecule has 3 N–H and O–H groups in total. The van der Waals surface area contributed by atoms with Gasteiger partial charge in [-0.1, -0.05) is 31.0 Å². The molecule has 0 saturated carbocycles. The van der Waals surface area contributed by atoms with Crippen LogP contribution in [0.15, 0.2) is 29.3 Å². The Morgan fingerprint density at radius 2 is 1.95 bits per heavy atom. The topological polar surface area (TPSA) is 62.9 Å². The van der Waals surface area contributed by atoms with E-state index in [4.69, 9.17) is 10.5 Å². The third-order valence-corrected chi connectivity index (χ3v) is 3.98. The summed E-state index contributed by atoms with van der Waals surface area (Å²) in [7, 11) is 1.69. The van der Waals surface area contributed by atoms with Gasteiger partial charge in [0.15, 0.2) is 5.96 Å². The number of benzene rings is 1. The van der Waals surface area contributed by atoms with Crippen LogP contribution in [0.4, 0.5) is 5.69 Å². The van der Waals surface area contributed by atoms with Gasteiger partial charge in [-0.2, -0.15) is 0 Å². The predicted octanol–water partition coefficient (Wildman–Crippen LogP) is 2.44. The highest BCUT2D eigenvalue weighted by Crippen LogP contribution is 2.15. The number of nitrogens with zero attached hydrogens (tertiary/aromatic N) is 2. The van der Waals surface area contributed by atoms with Gasteiger partial charge in [-0.05, 0) is 32.0 Å². The van der Waals surface area contributed by atoms with Crippen molar-refractivity contribution in [1.82, 2.24) is 4.90 Å². The van der Waals surface area contributed by atoms with Gasteiger partial charge in [0.1, 0.15) is 0 Å². The van der Waals surface area contributed by atoms with Gasteiger partial charge in [0.05, 0.1) is 13.2 Å². The second-order valence-electron chi connectivity index (χ2n) is 5.74. The van der Waals surface area contributed by atoms with Crippen LogP contribution in [0.5, 0.6) is 0 Å². The maximum atomic E-state index is 6.00. The fourth-order valence-corrected chi connectivity index (χ4v) is 2.77. The number of aliphatic imine (C=N–C) groups is 1. The number of para-hydroxylation sites is 1. The lowest BCUT2D eigenvalue weighted by atomic mass is 10.2. The van der Waals surface area contributed by atoms with E-state index in [0.29, 0.717) is 12.6 Å². The third kappa shape index (κ3) is 5.66. The van der Waals surface area contributed by atoms with Crippen molar-refractivity contribution in [3.63, 3.8) is 0 Å². The molecule has 0 radical (unpaired) electrons. The fraction of sp³-hybridized carbons (Fsp3) is 0.588. The molecule has 0 bridgehead atoms. The standard InChI is InChI=1S/C17H28N4O/c1-22-14-15-8-4-5-9-16(15)20-17(18)19-10-13-21-11-6-2-3-7-12-21/h4-5,8-9H,2-3,6-7,10-14H2,1H3,(H3,18,19,20). The average Bonchev–Trinajstić information content (AvgIpc) is 2.78. The summed E-state index contributed by atoms with van der Waals surface area (Å²) >= 11 is 0. The molecule has 1 heterocycles. The van der Waals surface area contributed by atoms with Gasteiger partial charge < -0.3 is 20.7 Å². The van der Waals surface area contributed by atoms with Gasteiger partial charge in [0, 0.05) is 24.9 Å². The summed E-state index contributed by atoms with van der Waals surface area (Å²) < 4.78 is 5.20. The molecule has 22 heavy (non-hydrogen) atoms. The molecule has 0 atom stereocenters. The Hall–Kier alpha value is -1.59. The molecular formula is C17H28N4O. The van der Waals surface area contributed by atoms with Crippen LogP contribution < -0.4 is 11.1 Å². The number of guanidine groups is 1. The number of anilines is 1. The Kier molecular flexibility index (Phi) is 7.19. The molecule has 1 aromatic rings. The Balaban J connectivity index is 1.82. The zero-order valence-electron chi connectivity index (χ0n) is 13.6. The Morgan fingerprint density at radius 1 is 1.23 bits per heavy atom. The van der Waals surface area contributed by atoms with Crippen molar-refractivity contribution in [3.8, 4) is 0 Å². The van der Waals surface area contributed by atoms with Gasteiger partial charge >= 0.3 is 0 Å². The SMILES string of the molecule is COCc1ccccc1NC(N)=NCCN1CCCCCC1. The van der Waals surface area contributed by atoms with E-state index >= 15 is 0 Å². The van der Waals surface area contributed by atoms with E-state index in [1.54, 1.807) is 7.11 Å². The minimum Gasteiger partial charge on any atom is -0.380 e. The molecule has 122 valence electrons. The van der Waals surface area contributed by atoms with E-state index in [0.717, 1.165) is 24.3 Å². The Morgan fingerprint density at radius 3 is 2.68 bits per heavy atom. The summed E-state index contributed by atoms with van der Waals surface area (Å²) in [5.41, 5.74) is 8.03. The second kappa shape index (κ2) is 9.43. The van der Waals surface area contributed by atoms with Crippen LogP contribution >= 0.6 is 0 Å². The van der Waals surface area contributed by atoms with E-state index in [1.807, 2.05) is 24.3 Å². The van der Waals surface area contributed by atoms with Crippen molar-refractivity contribution >= 4 is 11.6 Å². The van der Waals surface area contributed by atoms with E-state index in [-0.39, 0.29) is 0 Å². The summed E-state index contributed by atoms with van der Waals surface area (Å²) in [6.07, 6.45) is 5.34. The minimum atomic E-state index is 0.471. The van der Waals surface area contributed by atoms with Crippen LogP contribution in [0.25, 0.3) is 0 Å². The van der Waals surface area contributed by atoms with E-state index in [1.165, 1.54) is 38.8 Å². The number of nitrogens with one attached hydrogen (secondary N) is 1. The van der Waals surface area contributed by atoms with Gasteiger partial charge in [-0.15, -0.1) is 0 Å². The maximum Gasteiger partial charge on any atom is 0.193 e. The van der Waals surface area contributed by atoms with Crippen molar-refractivity contribution < 1.29 is 4.74 Å². The normalized spacial score (nSPS) is 17.2. The smallest absolute Gasteiger partial charge is 0.193 e. The number of ether oxygens (including phenoxy) is 1. The number of hydrogen-bond acceptors (Lipinski definition) is 3. The van der Waals surface area contributed by atoms with Crippen LogP contribution in [0.1, 0.15) is 31.2 Å². The molecule has 0 unspecified atom stereocenters. The van der Waals surface area contributed by atoms with Crippen molar-refractivity contribution in [1.29, 1.82) is 0 Å². The summed E-state index contributed by atoms with van der Waals surface area (Å²) in [6, 6.07) is 7.99. The van der Waals surface area contributed by atoms with Crippen LogP contribution in [-0.2, 0) is 11.3 Å². The molecule has 0 aliphatic carbocycles. The van der Waals surface area contributed by atoms with Crippen molar-refractivity contribution in [2.24, 2.45) is 10.7 Å². The van der Waals surface area contributed by atoms with Gasteiger partial charge in [-0.3, -0.25) is 4.99 Å². The molecule has 1 fully saturated rings. The first-order valence-corrected chi connectivity index (χ1v) is 8.16. The number of rotatable bonds is 6. The van der Waals surface area contributed by atoms with Crippen LogP contribution in [-0.4, -0.2) is 44.1 Å². The quantitative estimate of drug-likeness (QED) is 0.626. The maximum absolute atomic E-state index is 6.00. The fourth-order valence-electron chi connectivity index (χ4n) is 2.77. The van der Waals surface area contributed by atoms with E-state index in [9.17, 15) is 0 Å². The number of methoxy groups -OCH3 is 1. The van der Waals surface area contributed by atoms with Gasteiger partial charge in [-0.25, -0.2) is 0 Å². The van der Waals surface area contributed by atoms with Gasteiger partial charge in [0.2, 0.25) is 0 Å². The van der Waals surface area contributed by atoms with Crippen molar-refractivity contribution in [2.75, 3.05) is 38.6 Å². The highest BCUT2D eigenvalue weighted by molar-refractivity contribution is 5.92. The molecular weight excluding hydrogens is 276 g/mol. The average molecular weight is 304 g/mol. The van der Waals surface area contributed by atoms with Crippen LogP contribution in [0.2, 0.25) is 0 Å². The molecule has 2 rings (SSSR count). The molecule has 1 aliphatic rings. The zero-order valence-corrected chi connectivity index (χ0v) is 13.6. The molecule has 0 amide bonds. The molecule has 0 spiro atoms. The van der Waals surface area contributed by atoms with Crippen LogP contribution in [0, 0.1) is 0 Å². The minimum absolute atomic E-state index is 0.471. The Bertz CT molecular complexity index is 467. The van der Waals surface area contributed by atoms with E-state index < -0.39 is 0 Å². The Labute approximate surface area is 133 Å². The first-order chi connectivity index (χ1) is 10.8. The highest BCUT2D eigenvalue weighted by atomic mass is 16.5. The zero-order chi connectivity index (χ0) is 15.6. The third-order valence-electron chi connectivity index (χ3n) is 3.98. The van der Waals surface area contributed by atoms with Gasteiger partial charge in [0.25, 0.3) is 0 Å². The monoisotopic (exact) mass is 304 g/mol. The summed E-state index contributed by atoms with van der Waals surface area (Å²) in [6.45, 7) is 4.68. The predicted molar refractivity (Wildman–Crippen MR) is 92.2 cm³/mol. The van der Waals surface area contributed by atoms with E-state index in [2.05, 4.69) is 15.2 Å². The molecule has 1 saturated heterocycles. The van der Waals surface area contributed by atoms with Crippen molar-refractivity contribution in [2.45, 2.75) is 32.3 Å². The highest BCUT2D eigenvalue weighted by Gasteiger charge is 2.08. The summed E-state index contributed by atoms with van der Waals surface area (Å²) in [4.78, 5) is 6.93. The number of hydrogen-bond donors (Lipinski definition) is 2. The second-order valence-corrected chi connectivity index (χ2v) is 5.74. The molecule has 0 aromatic heterocycles. The largest absolute Gasteiger partial charge is 0.380 e. The summed E-state index contributed by atoms with van der Waals surface area (Å²) in [5.74, 6) is 0.471. The first-order valence-electron chi connectivity index (χ1n) is 8.16. The molecule has 1 aliphatic heterocycles. The number of nitrogens with two attached hydrogens (primary N) is 1. The lowest BCUT2D eigenvalue weighted by molar-refractivity contribution is 0.185. The molecule has 5 heteroatoms. The van der Waals surface area contributed by atoms with Crippen LogP contribution in [0.3, 0.4) is 0 Å². The molecule has 1 aromatic carbocycles. The van der Waals surface area contributed by atoms with Crippen molar-refractivity contribution in [3.05, 3.63) is 29.8 Å². The summed E-state index contributed by atoms with van der Waals surface area (Å²) in [5, 5.41) is 3.17. The first kappa shape index (κ1) is 16.8. The molecule has 5 nitrogen and oxygen atoms in total. The lowest BCUT2D eigenvalue weighted by Gasteiger charge is -2.18.